The Kier molecular flexibility index (Phi) is 18.1. The zero-order chi connectivity index (χ0) is 20.5. The monoisotopic (exact) mass is 380 g/mol. The lowest BCUT2D eigenvalue weighted by Crippen LogP contribution is -2.10. The molecule has 0 heteroatoms. The molecule has 0 spiro atoms. The summed E-state index contributed by atoms with van der Waals surface area (Å²) < 4.78 is 0. The Balaban J connectivity index is 3.65. The van der Waals surface area contributed by atoms with Gasteiger partial charge in [-0.15, -0.1) is 0 Å². The van der Waals surface area contributed by atoms with E-state index in [1.54, 1.807) is 0 Å². The van der Waals surface area contributed by atoms with Gasteiger partial charge in [0.15, 0.2) is 0 Å². The average Bonchev–Trinajstić information content (AvgIpc) is 2.58. The summed E-state index contributed by atoms with van der Waals surface area (Å²) >= 11 is 0. The summed E-state index contributed by atoms with van der Waals surface area (Å²) in [5, 5.41) is 0. The van der Waals surface area contributed by atoms with Gasteiger partial charge in [-0.2, -0.15) is 0 Å². The highest BCUT2D eigenvalue weighted by Crippen LogP contribution is 2.27. The minimum atomic E-state index is 0.909. The Hall–Kier alpha value is 0. The van der Waals surface area contributed by atoms with Crippen molar-refractivity contribution >= 4 is 0 Å². The van der Waals surface area contributed by atoms with E-state index < -0.39 is 0 Å². The van der Waals surface area contributed by atoms with Gasteiger partial charge in [-0.05, 0) is 48.9 Å². The second-order valence-corrected chi connectivity index (χ2v) is 10.5. The van der Waals surface area contributed by atoms with Crippen molar-refractivity contribution in [2.45, 2.75) is 145 Å². The molecule has 0 aromatic rings. The minimum absolute atomic E-state index is 0.909. The van der Waals surface area contributed by atoms with Crippen LogP contribution in [0.2, 0.25) is 0 Å². The topological polar surface area (TPSA) is 0 Å². The first-order valence-corrected chi connectivity index (χ1v) is 12.9. The summed E-state index contributed by atoms with van der Waals surface area (Å²) in [5.41, 5.74) is 0. The van der Waals surface area contributed by atoms with E-state index in [0.29, 0.717) is 0 Å². The number of hydrogen-bond donors (Lipinski definition) is 0. The predicted octanol–water partition coefficient (Wildman–Crippen LogP) is 10.1. The molecule has 0 aromatic carbocycles. The Labute approximate surface area is 174 Å². The van der Waals surface area contributed by atoms with Gasteiger partial charge in [0.25, 0.3) is 0 Å². The molecule has 0 amide bonds. The molecule has 164 valence electrons. The molecule has 0 heterocycles. The summed E-state index contributed by atoms with van der Waals surface area (Å²) in [6.07, 6.45) is 21.5. The second kappa shape index (κ2) is 18.1. The molecule has 0 aliphatic rings. The van der Waals surface area contributed by atoms with Crippen LogP contribution in [0.1, 0.15) is 145 Å². The lowest BCUT2D eigenvalue weighted by atomic mass is 9.83. The van der Waals surface area contributed by atoms with E-state index in [1.807, 2.05) is 0 Å². The van der Waals surface area contributed by atoms with Crippen molar-refractivity contribution in [3.8, 4) is 0 Å². The van der Waals surface area contributed by atoms with E-state index in [-0.39, 0.29) is 0 Å². The molecule has 0 fully saturated rings. The van der Waals surface area contributed by atoms with Crippen LogP contribution in [0.5, 0.6) is 0 Å². The SMILES string of the molecule is CCCCCC[C@H](C)CCCCC[C@H](C)C[C@@H](C)C[C@H](C)C[C@@H](C)CCC. The van der Waals surface area contributed by atoms with E-state index >= 15 is 0 Å². The van der Waals surface area contributed by atoms with Gasteiger partial charge in [-0.3, -0.25) is 0 Å². The molecule has 0 N–H and O–H groups in total. The van der Waals surface area contributed by atoms with E-state index in [0.717, 1.165) is 29.6 Å². The van der Waals surface area contributed by atoms with Crippen molar-refractivity contribution in [1.82, 2.24) is 0 Å². The van der Waals surface area contributed by atoms with Crippen LogP contribution < -0.4 is 0 Å². The molecule has 0 unspecified atom stereocenters. The van der Waals surface area contributed by atoms with Gasteiger partial charge >= 0.3 is 0 Å². The summed E-state index contributed by atoms with van der Waals surface area (Å²) in [6.45, 7) is 17.0. The van der Waals surface area contributed by atoms with Crippen molar-refractivity contribution in [2.24, 2.45) is 29.6 Å². The fraction of sp³-hybridized carbons (Fsp3) is 1.00. The minimum Gasteiger partial charge on any atom is -0.0654 e. The first kappa shape index (κ1) is 27.0. The third-order valence-electron chi connectivity index (χ3n) is 6.64. The first-order chi connectivity index (χ1) is 12.9. The normalized spacial score (nSPS) is 17.4. The highest BCUT2D eigenvalue weighted by atomic mass is 14.2. The molecule has 0 radical (unpaired) electrons. The molecular weight excluding hydrogens is 324 g/mol. The van der Waals surface area contributed by atoms with Crippen molar-refractivity contribution in [2.75, 3.05) is 0 Å². The van der Waals surface area contributed by atoms with Gasteiger partial charge < -0.3 is 0 Å². The fourth-order valence-electron chi connectivity index (χ4n) is 5.21. The maximum absolute atomic E-state index is 2.50. The van der Waals surface area contributed by atoms with Crippen LogP contribution in [0, 0.1) is 29.6 Å². The Morgan fingerprint density at radius 1 is 0.370 bits per heavy atom. The fourth-order valence-corrected chi connectivity index (χ4v) is 5.21. The van der Waals surface area contributed by atoms with E-state index in [1.165, 1.54) is 96.3 Å². The van der Waals surface area contributed by atoms with Crippen LogP contribution in [-0.2, 0) is 0 Å². The van der Waals surface area contributed by atoms with Crippen LogP contribution in [-0.4, -0.2) is 0 Å². The van der Waals surface area contributed by atoms with Crippen LogP contribution in [0.3, 0.4) is 0 Å². The quantitative estimate of drug-likeness (QED) is 0.195. The highest BCUT2D eigenvalue weighted by molar-refractivity contribution is 4.66. The molecular formula is C27H56. The molecule has 5 atom stereocenters. The van der Waals surface area contributed by atoms with Gasteiger partial charge in [-0.25, -0.2) is 0 Å². The second-order valence-electron chi connectivity index (χ2n) is 10.5. The van der Waals surface area contributed by atoms with Crippen LogP contribution in [0.15, 0.2) is 0 Å². The molecule has 0 nitrogen and oxygen atoms in total. The average molecular weight is 381 g/mol. The first-order valence-electron chi connectivity index (χ1n) is 12.9. The van der Waals surface area contributed by atoms with E-state index in [2.05, 4.69) is 48.5 Å². The van der Waals surface area contributed by atoms with Crippen molar-refractivity contribution < 1.29 is 0 Å². The number of rotatable bonds is 19. The van der Waals surface area contributed by atoms with Crippen molar-refractivity contribution in [1.29, 1.82) is 0 Å². The van der Waals surface area contributed by atoms with Gasteiger partial charge in [0, 0.05) is 0 Å². The third kappa shape index (κ3) is 17.8. The summed E-state index contributed by atoms with van der Waals surface area (Å²) in [7, 11) is 0. The van der Waals surface area contributed by atoms with E-state index in [9.17, 15) is 0 Å². The van der Waals surface area contributed by atoms with Crippen molar-refractivity contribution in [3.05, 3.63) is 0 Å². The summed E-state index contributed by atoms with van der Waals surface area (Å²) in [4.78, 5) is 0. The Bertz CT molecular complexity index is 294. The maximum atomic E-state index is 2.50. The molecule has 0 saturated heterocycles. The van der Waals surface area contributed by atoms with Gasteiger partial charge in [0.1, 0.15) is 0 Å². The lowest BCUT2D eigenvalue weighted by molar-refractivity contribution is 0.293. The Morgan fingerprint density at radius 3 is 1.26 bits per heavy atom. The third-order valence-corrected chi connectivity index (χ3v) is 6.64. The molecule has 0 bridgehead atoms. The van der Waals surface area contributed by atoms with Gasteiger partial charge in [-0.1, -0.05) is 126 Å². The number of hydrogen-bond acceptors (Lipinski definition) is 0. The lowest BCUT2D eigenvalue weighted by Gasteiger charge is -2.23. The van der Waals surface area contributed by atoms with Crippen molar-refractivity contribution in [3.63, 3.8) is 0 Å². The maximum Gasteiger partial charge on any atom is -0.0438 e. The smallest absolute Gasteiger partial charge is 0.0438 e. The molecule has 0 aliphatic heterocycles. The molecule has 0 saturated carbocycles. The van der Waals surface area contributed by atoms with E-state index in [4.69, 9.17) is 0 Å². The largest absolute Gasteiger partial charge is 0.0654 e. The molecule has 0 aromatic heterocycles. The Morgan fingerprint density at radius 2 is 0.778 bits per heavy atom. The van der Waals surface area contributed by atoms with Gasteiger partial charge in [0.05, 0.1) is 0 Å². The summed E-state index contributed by atoms with van der Waals surface area (Å²) in [6, 6.07) is 0. The predicted molar refractivity (Wildman–Crippen MR) is 126 cm³/mol. The molecule has 27 heavy (non-hydrogen) atoms. The van der Waals surface area contributed by atoms with Crippen LogP contribution in [0.25, 0.3) is 0 Å². The molecule has 0 rings (SSSR count). The standard InChI is InChI=1S/C27H56/c1-8-10-11-13-17-23(3)18-14-12-15-19-25(5)21-27(7)22-26(6)20-24(4)16-9-2/h23-27H,8-22H2,1-7H3/t23-,24-,25-,26+,27+/m0/s1. The highest BCUT2D eigenvalue weighted by Gasteiger charge is 2.14. The zero-order valence-corrected chi connectivity index (χ0v) is 20.5. The van der Waals surface area contributed by atoms with Crippen LogP contribution >= 0.6 is 0 Å². The number of unbranched alkanes of at least 4 members (excludes halogenated alkanes) is 5. The van der Waals surface area contributed by atoms with Gasteiger partial charge in [0.2, 0.25) is 0 Å². The summed E-state index contributed by atoms with van der Waals surface area (Å²) in [5.74, 6) is 4.62. The zero-order valence-electron chi connectivity index (χ0n) is 20.5. The van der Waals surface area contributed by atoms with Crippen LogP contribution in [0.4, 0.5) is 0 Å². The molecule has 0 aliphatic carbocycles.